The fourth-order valence-electron chi connectivity index (χ4n) is 4.09. The molecule has 3 unspecified atom stereocenters. The fourth-order valence-corrected chi connectivity index (χ4v) is 4.09. The minimum atomic E-state index is 0.0301. The molecule has 1 saturated heterocycles. The Morgan fingerprint density at radius 1 is 1.09 bits per heavy atom. The van der Waals surface area contributed by atoms with Crippen LogP contribution in [0.25, 0.3) is 0 Å². The van der Waals surface area contributed by atoms with E-state index >= 15 is 0 Å². The number of carbonyl (C=O) groups is 2. The van der Waals surface area contributed by atoms with Crippen molar-refractivity contribution in [3.63, 3.8) is 0 Å². The highest BCUT2D eigenvalue weighted by Gasteiger charge is 2.34. The Balaban J connectivity index is 1.81. The average Bonchev–Trinajstić information content (AvgIpc) is 2.56. The number of Topliss-reactive ketones (excluding diaryl/α,β-unsaturated/α-hetero) is 1. The highest BCUT2D eigenvalue weighted by atomic mass is 16.1. The molecule has 0 aromatic carbocycles. The molecular weight excluding hydrogens is 288 g/mol. The van der Waals surface area contributed by atoms with E-state index in [1.165, 1.54) is 44.9 Å². The molecule has 2 N–H and O–H groups in total. The zero-order valence-electron chi connectivity index (χ0n) is 14.7. The number of amides is 1. The molecule has 2 fully saturated rings. The molecule has 0 spiro atoms. The summed E-state index contributed by atoms with van der Waals surface area (Å²) < 4.78 is 0. The maximum Gasteiger partial charge on any atom is 0.216 e. The third-order valence-electron chi connectivity index (χ3n) is 5.40. The monoisotopic (exact) mass is 322 g/mol. The second-order valence-electron chi connectivity index (χ2n) is 7.43. The van der Waals surface area contributed by atoms with Crippen molar-refractivity contribution in [1.29, 1.82) is 0 Å². The van der Waals surface area contributed by atoms with Crippen molar-refractivity contribution in [3.05, 3.63) is 0 Å². The van der Waals surface area contributed by atoms with Crippen LogP contribution in [0.5, 0.6) is 0 Å². The van der Waals surface area contributed by atoms with E-state index in [4.69, 9.17) is 0 Å². The zero-order chi connectivity index (χ0) is 16.5. The molecule has 0 radical (unpaired) electrons. The van der Waals surface area contributed by atoms with Crippen molar-refractivity contribution in [3.8, 4) is 0 Å². The molecule has 4 nitrogen and oxygen atoms in total. The Bertz CT molecular complexity index is 384. The maximum absolute atomic E-state index is 12.7. The van der Waals surface area contributed by atoms with Gasteiger partial charge in [-0.3, -0.25) is 9.59 Å². The molecule has 2 aliphatic rings. The van der Waals surface area contributed by atoms with Gasteiger partial charge in [-0.2, -0.15) is 0 Å². The van der Waals surface area contributed by atoms with Crippen molar-refractivity contribution >= 4 is 11.7 Å². The third kappa shape index (κ3) is 6.62. The minimum absolute atomic E-state index is 0.0301. The van der Waals surface area contributed by atoms with Crippen LogP contribution in [0.15, 0.2) is 0 Å². The molecule has 2 bridgehead atoms. The van der Waals surface area contributed by atoms with Crippen molar-refractivity contribution < 1.29 is 9.59 Å². The Morgan fingerprint density at radius 2 is 1.78 bits per heavy atom. The van der Waals surface area contributed by atoms with Gasteiger partial charge in [0.2, 0.25) is 5.91 Å². The molecule has 1 heterocycles. The van der Waals surface area contributed by atoms with Gasteiger partial charge < -0.3 is 10.6 Å². The number of hydrogen-bond acceptors (Lipinski definition) is 3. The van der Waals surface area contributed by atoms with Crippen molar-refractivity contribution in [2.24, 2.45) is 5.92 Å². The van der Waals surface area contributed by atoms with Crippen LogP contribution >= 0.6 is 0 Å². The summed E-state index contributed by atoms with van der Waals surface area (Å²) in [6.45, 7) is 2.27. The lowest BCUT2D eigenvalue weighted by Crippen LogP contribution is -2.52. The third-order valence-corrected chi connectivity index (χ3v) is 5.40. The SMILES string of the molecule is CC(=O)NCCCCC1NC2CCCCCCCCC(C2)C1=O. The summed E-state index contributed by atoms with van der Waals surface area (Å²) in [7, 11) is 0. The molecule has 0 aromatic rings. The summed E-state index contributed by atoms with van der Waals surface area (Å²) in [6.07, 6.45) is 14.1. The first kappa shape index (κ1) is 18.4. The molecule has 1 amide bonds. The van der Waals surface area contributed by atoms with Crippen LogP contribution in [0.4, 0.5) is 0 Å². The van der Waals surface area contributed by atoms with Crippen LogP contribution in [0.3, 0.4) is 0 Å². The number of rotatable bonds is 5. The van der Waals surface area contributed by atoms with E-state index in [9.17, 15) is 9.59 Å². The topological polar surface area (TPSA) is 58.2 Å². The van der Waals surface area contributed by atoms with E-state index in [0.717, 1.165) is 38.6 Å². The normalized spacial score (nSPS) is 29.6. The predicted molar refractivity (Wildman–Crippen MR) is 93.3 cm³/mol. The number of unbranched alkanes of at least 4 members (excludes halogenated alkanes) is 1. The van der Waals surface area contributed by atoms with Crippen molar-refractivity contribution in [1.82, 2.24) is 10.6 Å². The highest BCUT2D eigenvalue weighted by Crippen LogP contribution is 2.28. The number of piperidine rings is 1. The van der Waals surface area contributed by atoms with E-state index in [0.29, 0.717) is 17.7 Å². The minimum Gasteiger partial charge on any atom is -0.356 e. The smallest absolute Gasteiger partial charge is 0.216 e. The summed E-state index contributed by atoms with van der Waals surface area (Å²) in [5.74, 6) is 0.780. The molecule has 23 heavy (non-hydrogen) atoms. The number of hydrogen-bond donors (Lipinski definition) is 2. The lowest BCUT2D eigenvalue weighted by Gasteiger charge is -2.35. The standard InChI is InChI=1S/C19H34N2O2/c1-15(22)20-13-9-8-12-18-19(23)16-10-6-4-2-3-5-7-11-17(14-16)21-18/h16-18,21H,2-14H2,1H3,(H,20,22). The zero-order valence-corrected chi connectivity index (χ0v) is 14.7. The van der Waals surface area contributed by atoms with Gasteiger partial charge >= 0.3 is 0 Å². The van der Waals surface area contributed by atoms with Crippen LogP contribution in [0.2, 0.25) is 0 Å². The van der Waals surface area contributed by atoms with Gasteiger partial charge in [-0.15, -0.1) is 0 Å². The number of nitrogens with one attached hydrogen (secondary N) is 2. The lowest BCUT2D eigenvalue weighted by molar-refractivity contribution is -0.128. The average molecular weight is 322 g/mol. The van der Waals surface area contributed by atoms with E-state index in [2.05, 4.69) is 10.6 Å². The number of fused-ring (bicyclic) bond motifs is 2. The highest BCUT2D eigenvalue weighted by molar-refractivity contribution is 5.87. The first-order valence-electron chi connectivity index (χ1n) is 9.71. The van der Waals surface area contributed by atoms with Gasteiger partial charge in [0.15, 0.2) is 5.78 Å². The van der Waals surface area contributed by atoms with Gasteiger partial charge in [0.25, 0.3) is 0 Å². The largest absolute Gasteiger partial charge is 0.356 e. The van der Waals surface area contributed by atoms with Gasteiger partial charge in [-0.1, -0.05) is 38.5 Å². The fraction of sp³-hybridized carbons (Fsp3) is 0.895. The summed E-state index contributed by atoms with van der Waals surface area (Å²) in [6, 6.07) is 0.591. The molecule has 1 saturated carbocycles. The molecule has 4 heteroatoms. The summed E-state index contributed by atoms with van der Waals surface area (Å²) >= 11 is 0. The second-order valence-corrected chi connectivity index (χ2v) is 7.43. The van der Waals surface area contributed by atoms with Crippen LogP contribution < -0.4 is 10.6 Å². The van der Waals surface area contributed by atoms with E-state index in [1.807, 2.05) is 0 Å². The molecule has 1 aliphatic carbocycles. The first-order valence-corrected chi connectivity index (χ1v) is 9.71. The first-order chi connectivity index (χ1) is 11.2. The van der Waals surface area contributed by atoms with Crippen LogP contribution in [-0.4, -0.2) is 30.3 Å². The van der Waals surface area contributed by atoms with Gasteiger partial charge in [0.1, 0.15) is 0 Å². The van der Waals surface area contributed by atoms with Gasteiger partial charge in [0.05, 0.1) is 6.04 Å². The van der Waals surface area contributed by atoms with Crippen LogP contribution in [0.1, 0.15) is 84.0 Å². The molecule has 1 aliphatic heterocycles. The molecule has 0 aromatic heterocycles. The summed E-state index contributed by atoms with van der Waals surface area (Å²) in [5.41, 5.74) is 0. The Hall–Kier alpha value is -0.900. The summed E-state index contributed by atoms with van der Waals surface area (Å²) in [5, 5.41) is 6.46. The Labute approximate surface area is 141 Å². The lowest BCUT2D eigenvalue weighted by atomic mass is 9.81. The predicted octanol–water partition coefficient (Wildman–Crippen LogP) is 3.34. The Morgan fingerprint density at radius 3 is 2.52 bits per heavy atom. The van der Waals surface area contributed by atoms with E-state index < -0.39 is 0 Å². The van der Waals surface area contributed by atoms with E-state index in [-0.39, 0.29) is 11.9 Å². The Kier molecular flexibility index (Phi) is 8.07. The van der Waals surface area contributed by atoms with Crippen molar-refractivity contribution in [2.45, 2.75) is 96.1 Å². The summed E-state index contributed by atoms with van der Waals surface area (Å²) in [4.78, 5) is 23.6. The van der Waals surface area contributed by atoms with Gasteiger partial charge in [-0.25, -0.2) is 0 Å². The van der Waals surface area contributed by atoms with E-state index in [1.54, 1.807) is 6.92 Å². The van der Waals surface area contributed by atoms with Crippen LogP contribution in [-0.2, 0) is 9.59 Å². The van der Waals surface area contributed by atoms with Gasteiger partial charge in [-0.05, 0) is 38.5 Å². The quantitative estimate of drug-likeness (QED) is 0.763. The molecular formula is C19H34N2O2. The van der Waals surface area contributed by atoms with Crippen molar-refractivity contribution in [2.75, 3.05) is 6.54 Å². The molecule has 2 rings (SSSR count). The number of ketones is 1. The molecule has 132 valence electrons. The maximum atomic E-state index is 12.7. The van der Waals surface area contributed by atoms with Crippen LogP contribution in [0, 0.1) is 5.92 Å². The molecule has 3 atom stereocenters. The second kappa shape index (κ2) is 10.1. The van der Waals surface area contributed by atoms with Gasteiger partial charge in [0, 0.05) is 25.4 Å². The number of carbonyl (C=O) groups excluding carboxylic acids is 2.